The van der Waals surface area contributed by atoms with Crippen molar-refractivity contribution in [1.29, 1.82) is 0 Å². The van der Waals surface area contributed by atoms with Gasteiger partial charge in [0.15, 0.2) is 0 Å². The van der Waals surface area contributed by atoms with Crippen LogP contribution >= 0.6 is 15.9 Å². The molecule has 7 heteroatoms. The standard InChI is InChI=1S/C6H7BrN2O3S/c1-13(11,12)9-6(10)5-2-4(7)3-8-5/h2-3,8H,1H3,(H,9,10). The second-order valence-corrected chi connectivity index (χ2v) is 5.10. The molecule has 1 heterocycles. The molecule has 1 rings (SSSR count). The third-order valence-electron chi connectivity index (χ3n) is 1.17. The highest BCUT2D eigenvalue weighted by atomic mass is 79.9. The molecule has 0 spiro atoms. The topological polar surface area (TPSA) is 79.0 Å². The van der Waals surface area contributed by atoms with Gasteiger partial charge < -0.3 is 4.98 Å². The van der Waals surface area contributed by atoms with Crippen LogP contribution < -0.4 is 4.72 Å². The zero-order chi connectivity index (χ0) is 10.1. The Labute approximate surface area is 83.7 Å². The molecule has 0 radical (unpaired) electrons. The van der Waals surface area contributed by atoms with Crippen LogP contribution in [-0.2, 0) is 10.0 Å². The molecule has 0 unspecified atom stereocenters. The molecule has 72 valence electrons. The number of nitrogens with one attached hydrogen (secondary N) is 2. The van der Waals surface area contributed by atoms with Crippen molar-refractivity contribution >= 4 is 31.9 Å². The predicted molar refractivity (Wildman–Crippen MR) is 50.8 cm³/mol. The highest BCUT2D eigenvalue weighted by molar-refractivity contribution is 9.10. The van der Waals surface area contributed by atoms with Crippen LogP contribution in [0.3, 0.4) is 0 Å². The van der Waals surface area contributed by atoms with E-state index in [4.69, 9.17) is 0 Å². The molecule has 1 aromatic rings. The summed E-state index contributed by atoms with van der Waals surface area (Å²) in [6.07, 6.45) is 2.46. The van der Waals surface area contributed by atoms with E-state index < -0.39 is 15.9 Å². The largest absolute Gasteiger partial charge is 0.356 e. The van der Waals surface area contributed by atoms with Gasteiger partial charge in [-0.25, -0.2) is 13.1 Å². The minimum Gasteiger partial charge on any atom is -0.356 e. The molecule has 0 saturated carbocycles. The zero-order valence-corrected chi connectivity index (χ0v) is 9.07. The second-order valence-electron chi connectivity index (χ2n) is 2.43. The summed E-state index contributed by atoms with van der Waals surface area (Å²) in [6, 6.07) is 1.49. The van der Waals surface area contributed by atoms with Gasteiger partial charge in [0, 0.05) is 10.7 Å². The van der Waals surface area contributed by atoms with E-state index in [9.17, 15) is 13.2 Å². The number of amides is 1. The number of sulfonamides is 1. The monoisotopic (exact) mass is 266 g/mol. The van der Waals surface area contributed by atoms with E-state index in [0.29, 0.717) is 4.47 Å². The third kappa shape index (κ3) is 3.19. The Hall–Kier alpha value is -0.820. The Morgan fingerprint density at radius 1 is 1.62 bits per heavy atom. The van der Waals surface area contributed by atoms with Gasteiger partial charge in [-0.15, -0.1) is 0 Å². The molecule has 0 atom stereocenters. The van der Waals surface area contributed by atoms with E-state index in [0.717, 1.165) is 6.26 Å². The average molecular weight is 267 g/mol. The number of hydrogen-bond donors (Lipinski definition) is 2. The van der Waals surface area contributed by atoms with Gasteiger partial charge in [-0.1, -0.05) is 0 Å². The van der Waals surface area contributed by atoms with Gasteiger partial charge in [0.25, 0.3) is 5.91 Å². The first-order valence-corrected chi connectivity index (χ1v) is 5.93. The van der Waals surface area contributed by atoms with Crippen LogP contribution in [0.5, 0.6) is 0 Å². The Morgan fingerprint density at radius 2 is 2.23 bits per heavy atom. The van der Waals surface area contributed by atoms with Crippen molar-refractivity contribution in [2.45, 2.75) is 0 Å². The summed E-state index contributed by atoms with van der Waals surface area (Å²) in [7, 11) is -3.50. The molecule has 5 nitrogen and oxygen atoms in total. The van der Waals surface area contributed by atoms with Crippen molar-refractivity contribution in [3.63, 3.8) is 0 Å². The molecule has 13 heavy (non-hydrogen) atoms. The normalized spacial score (nSPS) is 11.2. The molecule has 0 aromatic carbocycles. The summed E-state index contributed by atoms with van der Waals surface area (Å²) in [5.74, 6) is -0.673. The Morgan fingerprint density at radius 3 is 2.62 bits per heavy atom. The highest BCUT2D eigenvalue weighted by Crippen LogP contribution is 2.10. The quantitative estimate of drug-likeness (QED) is 0.817. The van der Waals surface area contributed by atoms with Gasteiger partial charge in [-0.2, -0.15) is 0 Å². The molecule has 0 aliphatic rings. The third-order valence-corrected chi connectivity index (χ3v) is 2.18. The number of carbonyl (C=O) groups is 1. The number of H-pyrrole nitrogens is 1. The lowest BCUT2D eigenvalue weighted by Crippen LogP contribution is -2.29. The smallest absolute Gasteiger partial charge is 0.281 e. The first kappa shape index (κ1) is 10.3. The van der Waals surface area contributed by atoms with E-state index in [1.54, 1.807) is 0 Å². The summed E-state index contributed by atoms with van der Waals surface area (Å²) in [5, 5.41) is 0. The van der Waals surface area contributed by atoms with E-state index in [1.807, 2.05) is 4.72 Å². The van der Waals surface area contributed by atoms with Gasteiger partial charge in [0.1, 0.15) is 5.69 Å². The van der Waals surface area contributed by atoms with Crippen LogP contribution in [0.25, 0.3) is 0 Å². The maximum absolute atomic E-state index is 11.1. The van der Waals surface area contributed by atoms with Crippen LogP contribution in [0.15, 0.2) is 16.7 Å². The number of halogens is 1. The Bertz CT molecular complexity index is 423. The minimum atomic E-state index is -3.50. The van der Waals surface area contributed by atoms with E-state index in [-0.39, 0.29) is 5.69 Å². The molecule has 0 aliphatic carbocycles. The van der Waals surface area contributed by atoms with Crippen molar-refractivity contribution in [2.24, 2.45) is 0 Å². The van der Waals surface area contributed by atoms with E-state index in [1.165, 1.54) is 12.3 Å². The number of hydrogen-bond acceptors (Lipinski definition) is 3. The molecule has 0 bridgehead atoms. The average Bonchev–Trinajstić information content (AvgIpc) is 2.31. The molecule has 2 N–H and O–H groups in total. The summed E-state index contributed by atoms with van der Waals surface area (Å²) in [6.45, 7) is 0. The molecular formula is C6H7BrN2O3S. The molecule has 1 aromatic heterocycles. The van der Waals surface area contributed by atoms with Crippen LogP contribution in [0, 0.1) is 0 Å². The second kappa shape index (κ2) is 3.51. The Kier molecular flexibility index (Phi) is 2.77. The molecule has 0 saturated heterocycles. The Balaban J connectivity index is 2.81. The van der Waals surface area contributed by atoms with Gasteiger partial charge in [-0.3, -0.25) is 4.79 Å². The first-order valence-electron chi connectivity index (χ1n) is 3.24. The van der Waals surface area contributed by atoms with E-state index in [2.05, 4.69) is 20.9 Å². The summed E-state index contributed by atoms with van der Waals surface area (Å²) in [4.78, 5) is 13.7. The van der Waals surface area contributed by atoms with Crippen molar-refractivity contribution < 1.29 is 13.2 Å². The van der Waals surface area contributed by atoms with Crippen molar-refractivity contribution in [3.8, 4) is 0 Å². The lowest BCUT2D eigenvalue weighted by atomic mass is 10.4. The molecule has 1 amide bonds. The van der Waals surface area contributed by atoms with Gasteiger partial charge in [0.05, 0.1) is 6.26 Å². The lowest BCUT2D eigenvalue weighted by molar-refractivity contribution is 0.0977. The number of carbonyl (C=O) groups excluding carboxylic acids is 1. The van der Waals surface area contributed by atoms with E-state index >= 15 is 0 Å². The van der Waals surface area contributed by atoms with Crippen molar-refractivity contribution in [3.05, 3.63) is 22.4 Å². The van der Waals surface area contributed by atoms with Gasteiger partial charge >= 0.3 is 0 Å². The minimum absolute atomic E-state index is 0.192. The summed E-state index contributed by atoms with van der Waals surface area (Å²) >= 11 is 3.12. The SMILES string of the molecule is CS(=O)(=O)NC(=O)c1cc(Br)c[nH]1. The van der Waals surface area contributed by atoms with Gasteiger partial charge in [-0.05, 0) is 22.0 Å². The number of rotatable bonds is 2. The van der Waals surface area contributed by atoms with Gasteiger partial charge in [0.2, 0.25) is 10.0 Å². The maximum Gasteiger partial charge on any atom is 0.281 e. The molecule has 0 fully saturated rings. The fraction of sp³-hybridized carbons (Fsp3) is 0.167. The molecular weight excluding hydrogens is 260 g/mol. The number of aromatic nitrogens is 1. The first-order chi connectivity index (χ1) is 5.88. The number of aromatic amines is 1. The predicted octanol–water partition coefficient (Wildman–Crippen LogP) is 0.467. The fourth-order valence-corrected chi connectivity index (χ4v) is 1.51. The van der Waals surface area contributed by atoms with Crippen molar-refractivity contribution in [1.82, 2.24) is 9.71 Å². The fourth-order valence-electron chi connectivity index (χ4n) is 0.722. The van der Waals surface area contributed by atoms with Crippen molar-refractivity contribution in [2.75, 3.05) is 6.26 Å². The van der Waals surface area contributed by atoms with Crippen LogP contribution in [-0.4, -0.2) is 25.6 Å². The van der Waals surface area contributed by atoms with Crippen LogP contribution in [0.4, 0.5) is 0 Å². The van der Waals surface area contributed by atoms with Crippen LogP contribution in [0.1, 0.15) is 10.5 Å². The summed E-state index contributed by atoms with van der Waals surface area (Å²) < 4.78 is 23.8. The molecule has 0 aliphatic heterocycles. The lowest BCUT2D eigenvalue weighted by Gasteiger charge is -1.98. The van der Waals surface area contributed by atoms with Crippen LogP contribution in [0.2, 0.25) is 0 Å². The maximum atomic E-state index is 11.1. The zero-order valence-electron chi connectivity index (χ0n) is 6.67. The summed E-state index contributed by atoms with van der Waals surface area (Å²) in [5.41, 5.74) is 0.192. The highest BCUT2D eigenvalue weighted by Gasteiger charge is 2.11.